The number of nitrogens with zero attached hydrogens (tertiary/aromatic N) is 1. The van der Waals surface area contributed by atoms with Gasteiger partial charge in [0.1, 0.15) is 0 Å². The van der Waals surface area contributed by atoms with E-state index in [2.05, 4.69) is 0 Å². The molecule has 1 unspecified atom stereocenters. The van der Waals surface area contributed by atoms with Crippen LogP contribution in [0.5, 0.6) is 0 Å². The van der Waals surface area contributed by atoms with Crippen LogP contribution >= 0.6 is 11.8 Å². The molecule has 86 valence electrons. The molecule has 2 aromatic rings. The summed E-state index contributed by atoms with van der Waals surface area (Å²) in [7, 11) is 1.68. The van der Waals surface area contributed by atoms with E-state index >= 15 is 0 Å². The summed E-state index contributed by atoms with van der Waals surface area (Å²) in [5.74, 6) is -0.354. The van der Waals surface area contributed by atoms with Crippen molar-refractivity contribution in [2.24, 2.45) is 7.05 Å². The largest absolute Gasteiger partial charge is 0.419 e. The molecular weight excluding hydrogens is 226 g/mol. The summed E-state index contributed by atoms with van der Waals surface area (Å²) >= 11 is 1.55. The molecule has 0 radical (unpaired) electrons. The molecule has 5 heteroatoms. The first kappa shape index (κ1) is 11.3. The van der Waals surface area contributed by atoms with E-state index in [4.69, 9.17) is 9.52 Å². The minimum Gasteiger partial charge on any atom is -0.408 e. The Morgan fingerprint density at radius 3 is 3.00 bits per heavy atom. The predicted molar refractivity (Wildman–Crippen MR) is 63.9 cm³/mol. The monoisotopic (exact) mass is 239 g/mol. The van der Waals surface area contributed by atoms with Crippen molar-refractivity contribution in [3.05, 3.63) is 28.7 Å². The van der Waals surface area contributed by atoms with Crippen LogP contribution in [-0.2, 0) is 7.05 Å². The molecule has 0 saturated heterocycles. The molecule has 1 N–H and O–H groups in total. The van der Waals surface area contributed by atoms with Crippen molar-refractivity contribution in [3.63, 3.8) is 0 Å². The SMILES string of the molecule is CC(CO)Sc1ccc2c(c1)oc(=O)n2C. The Bertz CT molecular complexity index is 558. The molecule has 0 spiro atoms. The Morgan fingerprint density at radius 1 is 1.56 bits per heavy atom. The van der Waals surface area contributed by atoms with Gasteiger partial charge in [-0.05, 0) is 18.2 Å². The number of aryl methyl sites for hydroxylation is 1. The molecule has 0 fully saturated rings. The van der Waals surface area contributed by atoms with E-state index in [1.807, 2.05) is 25.1 Å². The molecule has 1 heterocycles. The second kappa shape index (κ2) is 4.35. The molecule has 4 nitrogen and oxygen atoms in total. The molecule has 1 aromatic carbocycles. The van der Waals surface area contributed by atoms with E-state index < -0.39 is 0 Å². The fraction of sp³-hybridized carbons (Fsp3) is 0.364. The topological polar surface area (TPSA) is 55.4 Å². The van der Waals surface area contributed by atoms with Gasteiger partial charge in [0.25, 0.3) is 0 Å². The highest BCUT2D eigenvalue weighted by Crippen LogP contribution is 2.26. The van der Waals surface area contributed by atoms with Gasteiger partial charge in [-0.1, -0.05) is 6.92 Å². The van der Waals surface area contributed by atoms with E-state index in [0.29, 0.717) is 5.58 Å². The fourth-order valence-corrected chi connectivity index (χ4v) is 2.32. The van der Waals surface area contributed by atoms with Crippen LogP contribution < -0.4 is 5.76 Å². The molecule has 2 rings (SSSR count). The number of hydrogen-bond donors (Lipinski definition) is 1. The highest BCUT2D eigenvalue weighted by Gasteiger charge is 2.08. The van der Waals surface area contributed by atoms with Gasteiger partial charge >= 0.3 is 5.76 Å². The van der Waals surface area contributed by atoms with Crippen molar-refractivity contribution in [2.45, 2.75) is 17.1 Å². The minimum atomic E-state index is -0.354. The normalized spacial score (nSPS) is 13.2. The summed E-state index contributed by atoms with van der Waals surface area (Å²) in [4.78, 5) is 12.3. The Kier molecular flexibility index (Phi) is 3.07. The van der Waals surface area contributed by atoms with Crippen LogP contribution in [0.3, 0.4) is 0 Å². The maximum Gasteiger partial charge on any atom is 0.419 e. The first-order valence-corrected chi connectivity index (χ1v) is 5.87. The maximum atomic E-state index is 11.3. The lowest BCUT2D eigenvalue weighted by atomic mass is 10.3. The summed E-state index contributed by atoms with van der Waals surface area (Å²) in [6.45, 7) is 2.07. The lowest BCUT2D eigenvalue weighted by molar-refractivity contribution is 0.300. The quantitative estimate of drug-likeness (QED) is 0.827. The standard InChI is InChI=1S/C11H13NO3S/c1-7(6-13)16-8-3-4-9-10(5-8)15-11(14)12(9)2/h3-5,7,13H,6H2,1-2H3. The number of thioether (sulfide) groups is 1. The van der Waals surface area contributed by atoms with Gasteiger partial charge in [0.15, 0.2) is 5.58 Å². The number of oxazole rings is 1. The molecule has 0 aliphatic heterocycles. The van der Waals surface area contributed by atoms with Gasteiger partial charge in [-0.15, -0.1) is 11.8 Å². The Labute approximate surface area is 96.9 Å². The van der Waals surface area contributed by atoms with Gasteiger partial charge in [0.05, 0.1) is 12.1 Å². The minimum absolute atomic E-state index is 0.126. The zero-order valence-electron chi connectivity index (χ0n) is 9.14. The van der Waals surface area contributed by atoms with E-state index in [9.17, 15) is 4.79 Å². The number of benzene rings is 1. The predicted octanol–water partition coefficient (Wildman–Crippen LogP) is 1.60. The van der Waals surface area contributed by atoms with Crippen LogP contribution in [0.15, 0.2) is 32.3 Å². The Balaban J connectivity index is 2.41. The van der Waals surface area contributed by atoms with Crippen LogP contribution in [0.2, 0.25) is 0 Å². The lowest BCUT2D eigenvalue weighted by Gasteiger charge is -2.06. The number of hydrogen-bond acceptors (Lipinski definition) is 4. The highest BCUT2D eigenvalue weighted by molar-refractivity contribution is 8.00. The molecule has 0 aliphatic carbocycles. The zero-order chi connectivity index (χ0) is 11.7. The molecule has 16 heavy (non-hydrogen) atoms. The van der Waals surface area contributed by atoms with Crippen molar-refractivity contribution in [3.8, 4) is 0 Å². The van der Waals surface area contributed by atoms with Gasteiger partial charge in [0, 0.05) is 17.2 Å². The lowest BCUT2D eigenvalue weighted by Crippen LogP contribution is -2.08. The molecule has 0 amide bonds. The molecule has 1 atom stereocenters. The highest BCUT2D eigenvalue weighted by atomic mass is 32.2. The van der Waals surface area contributed by atoms with E-state index in [-0.39, 0.29) is 17.6 Å². The number of aliphatic hydroxyl groups is 1. The second-order valence-corrected chi connectivity index (χ2v) is 5.18. The van der Waals surface area contributed by atoms with Gasteiger partial charge in [-0.2, -0.15) is 0 Å². The molecule has 0 bridgehead atoms. The van der Waals surface area contributed by atoms with Crippen molar-refractivity contribution in [1.82, 2.24) is 4.57 Å². The summed E-state index contributed by atoms with van der Waals surface area (Å²) in [6, 6.07) is 5.61. The van der Waals surface area contributed by atoms with Crippen molar-refractivity contribution in [1.29, 1.82) is 0 Å². The van der Waals surface area contributed by atoms with E-state index in [1.54, 1.807) is 18.8 Å². The smallest absolute Gasteiger partial charge is 0.408 e. The summed E-state index contributed by atoms with van der Waals surface area (Å²) in [6.07, 6.45) is 0. The van der Waals surface area contributed by atoms with Crippen molar-refractivity contribution >= 4 is 22.9 Å². The maximum absolute atomic E-state index is 11.3. The third-order valence-corrected chi connectivity index (χ3v) is 3.44. The molecular formula is C11H13NO3S. The molecule has 0 aliphatic rings. The zero-order valence-corrected chi connectivity index (χ0v) is 9.95. The molecule has 0 saturated carbocycles. The van der Waals surface area contributed by atoms with Crippen LogP contribution in [0.4, 0.5) is 0 Å². The summed E-state index contributed by atoms with van der Waals surface area (Å²) in [5, 5.41) is 9.09. The van der Waals surface area contributed by atoms with E-state index in [1.165, 1.54) is 4.57 Å². The summed E-state index contributed by atoms with van der Waals surface area (Å²) in [5.41, 5.74) is 1.37. The van der Waals surface area contributed by atoms with Crippen LogP contribution in [-0.4, -0.2) is 21.5 Å². The number of aliphatic hydroxyl groups excluding tert-OH is 1. The van der Waals surface area contributed by atoms with Crippen LogP contribution in [0, 0.1) is 0 Å². The van der Waals surface area contributed by atoms with Gasteiger partial charge in [-0.25, -0.2) is 4.79 Å². The molecule has 1 aromatic heterocycles. The van der Waals surface area contributed by atoms with Crippen molar-refractivity contribution in [2.75, 3.05) is 6.61 Å². The first-order chi connectivity index (χ1) is 7.61. The van der Waals surface area contributed by atoms with Gasteiger partial charge in [0.2, 0.25) is 0 Å². The van der Waals surface area contributed by atoms with Gasteiger partial charge in [-0.3, -0.25) is 4.57 Å². The summed E-state index contributed by atoms with van der Waals surface area (Å²) < 4.78 is 6.56. The third kappa shape index (κ3) is 2.01. The number of rotatable bonds is 3. The first-order valence-electron chi connectivity index (χ1n) is 4.99. The van der Waals surface area contributed by atoms with Crippen LogP contribution in [0.1, 0.15) is 6.92 Å². The number of aromatic nitrogens is 1. The second-order valence-electron chi connectivity index (χ2n) is 3.67. The average Bonchev–Trinajstić information content (AvgIpc) is 2.54. The average molecular weight is 239 g/mol. The van der Waals surface area contributed by atoms with Crippen LogP contribution in [0.25, 0.3) is 11.1 Å². The van der Waals surface area contributed by atoms with Crippen molar-refractivity contribution < 1.29 is 9.52 Å². The Morgan fingerprint density at radius 2 is 2.31 bits per heavy atom. The third-order valence-electron chi connectivity index (χ3n) is 2.36. The number of fused-ring (bicyclic) bond motifs is 1. The van der Waals surface area contributed by atoms with Gasteiger partial charge < -0.3 is 9.52 Å². The fourth-order valence-electron chi connectivity index (χ4n) is 1.46. The van der Waals surface area contributed by atoms with E-state index in [0.717, 1.165) is 10.4 Å². The Hall–Kier alpha value is -1.20.